The fourth-order valence-electron chi connectivity index (χ4n) is 3.99. The van der Waals surface area contributed by atoms with Crippen LogP contribution in [0.2, 0.25) is 0 Å². The lowest BCUT2D eigenvalue weighted by Crippen LogP contribution is -2.50. The van der Waals surface area contributed by atoms with Crippen molar-refractivity contribution in [2.24, 2.45) is 0 Å². The fraction of sp³-hybridized carbons (Fsp3) is 0.526. The molecule has 1 atom stereocenters. The van der Waals surface area contributed by atoms with E-state index in [1.807, 2.05) is 36.2 Å². The summed E-state index contributed by atoms with van der Waals surface area (Å²) in [7, 11) is 1.87. The smallest absolute Gasteiger partial charge is 0.239 e. The number of aromatic nitrogens is 1. The van der Waals surface area contributed by atoms with E-state index in [9.17, 15) is 9.59 Å². The molecule has 7 heteroatoms. The topological polar surface area (TPSA) is 65.5 Å². The first-order valence-corrected chi connectivity index (χ1v) is 10.0. The summed E-state index contributed by atoms with van der Waals surface area (Å²) >= 11 is 1.44. The van der Waals surface area contributed by atoms with E-state index < -0.39 is 0 Å². The molecule has 2 saturated heterocycles. The van der Waals surface area contributed by atoms with Gasteiger partial charge < -0.3 is 10.2 Å². The van der Waals surface area contributed by atoms with Crippen molar-refractivity contribution in [3.8, 4) is 0 Å². The molecular weight excluding hydrogens is 348 g/mol. The molecule has 0 aliphatic carbocycles. The number of benzene rings is 1. The van der Waals surface area contributed by atoms with Crippen LogP contribution in [-0.2, 0) is 16.0 Å². The van der Waals surface area contributed by atoms with Gasteiger partial charge in [-0.25, -0.2) is 0 Å². The van der Waals surface area contributed by atoms with Crippen LogP contribution >= 0.6 is 11.5 Å². The van der Waals surface area contributed by atoms with Gasteiger partial charge >= 0.3 is 0 Å². The predicted octanol–water partition coefficient (Wildman–Crippen LogP) is 1.65. The number of hydrogen-bond acceptors (Lipinski definition) is 5. The normalized spacial score (nSPS) is 22.3. The van der Waals surface area contributed by atoms with Crippen LogP contribution in [0.3, 0.4) is 0 Å². The van der Waals surface area contributed by atoms with Crippen molar-refractivity contribution in [3.05, 3.63) is 30.0 Å². The minimum Gasteiger partial charge on any atom is -0.353 e. The molecule has 2 amide bonds. The van der Waals surface area contributed by atoms with Crippen LogP contribution in [0, 0.1) is 0 Å². The van der Waals surface area contributed by atoms with Gasteiger partial charge in [0.2, 0.25) is 11.8 Å². The summed E-state index contributed by atoms with van der Waals surface area (Å²) in [6, 6.07) is 8.26. The quantitative estimate of drug-likeness (QED) is 0.886. The molecule has 0 bridgehead atoms. The lowest BCUT2D eigenvalue weighted by atomic mass is 10.0. The van der Waals surface area contributed by atoms with Gasteiger partial charge in [0.05, 0.1) is 22.9 Å². The Balaban J connectivity index is 1.29. The number of nitrogens with one attached hydrogen (secondary N) is 1. The summed E-state index contributed by atoms with van der Waals surface area (Å²) in [5.74, 6) is 0.277. The second-order valence-corrected chi connectivity index (χ2v) is 8.05. The number of amides is 2. The molecule has 2 aromatic rings. The Morgan fingerprint density at radius 2 is 2.00 bits per heavy atom. The molecule has 138 valence electrons. The Morgan fingerprint density at radius 1 is 1.23 bits per heavy atom. The second kappa shape index (κ2) is 7.32. The fourth-order valence-corrected chi connectivity index (χ4v) is 4.79. The van der Waals surface area contributed by atoms with Crippen molar-refractivity contribution in [1.82, 2.24) is 19.5 Å². The van der Waals surface area contributed by atoms with Crippen LogP contribution in [0.5, 0.6) is 0 Å². The van der Waals surface area contributed by atoms with Crippen molar-refractivity contribution < 1.29 is 9.59 Å². The van der Waals surface area contributed by atoms with Gasteiger partial charge in [-0.1, -0.05) is 18.2 Å². The molecule has 1 unspecified atom stereocenters. The summed E-state index contributed by atoms with van der Waals surface area (Å²) in [4.78, 5) is 28.7. The zero-order chi connectivity index (χ0) is 18.1. The van der Waals surface area contributed by atoms with Gasteiger partial charge in [-0.3, -0.25) is 14.5 Å². The second-order valence-electron chi connectivity index (χ2n) is 7.24. The maximum atomic E-state index is 12.4. The maximum Gasteiger partial charge on any atom is 0.239 e. The number of rotatable bonds is 4. The monoisotopic (exact) mass is 372 g/mol. The summed E-state index contributed by atoms with van der Waals surface area (Å²) in [6.07, 6.45) is 3.05. The van der Waals surface area contributed by atoms with E-state index >= 15 is 0 Å². The van der Waals surface area contributed by atoms with E-state index in [0.29, 0.717) is 6.42 Å². The number of hydrogen-bond donors (Lipinski definition) is 1. The third-order valence-electron chi connectivity index (χ3n) is 5.51. The molecule has 0 saturated carbocycles. The predicted molar refractivity (Wildman–Crippen MR) is 102 cm³/mol. The van der Waals surface area contributed by atoms with Crippen molar-refractivity contribution in [3.63, 3.8) is 0 Å². The number of carbonyl (C=O) groups excluding carboxylic acids is 2. The van der Waals surface area contributed by atoms with Crippen molar-refractivity contribution in [2.45, 2.75) is 37.8 Å². The van der Waals surface area contributed by atoms with E-state index in [1.54, 1.807) is 0 Å². The summed E-state index contributed by atoms with van der Waals surface area (Å²) < 4.78 is 5.56. The molecular formula is C19H24N4O2S. The zero-order valence-corrected chi connectivity index (χ0v) is 15.8. The Bertz CT molecular complexity index is 813. The maximum absolute atomic E-state index is 12.4. The Kier molecular flexibility index (Phi) is 4.91. The Labute approximate surface area is 157 Å². The average molecular weight is 372 g/mol. The highest BCUT2D eigenvalue weighted by molar-refractivity contribution is 7.13. The third kappa shape index (κ3) is 3.46. The highest BCUT2D eigenvalue weighted by atomic mass is 32.1. The van der Waals surface area contributed by atoms with Gasteiger partial charge in [0, 0.05) is 38.1 Å². The standard InChI is InChI=1S/C19H24N4O2S/c1-22-9-8-16(19(22)25)23-10-6-13(7-11-23)20-18(24)12-15-14-4-2-3-5-17(14)26-21-15/h2-5,13,16H,6-12H2,1H3,(H,20,24). The van der Waals surface area contributed by atoms with Crippen LogP contribution < -0.4 is 5.32 Å². The van der Waals surface area contributed by atoms with E-state index in [2.05, 4.69) is 14.6 Å². The van der Waals surface area contributed by atoms with Crippen LogP contribution in [0.4, 0.5) is 0 Å². The number of fused-ring (bicyclic) bond motifs is 1. The van der Waals surface area contributed by atoms with Gasteiger partial charge in [-0.05, 0) is 36.9 Å². The summed E-state index contributed by atoms with van der Waals surface area (Å²) in [5.41, 5.74) is 0.861. The highest BCUT2D eigenvalue weighted by Crippen LogP contribution is 2.23. The molecule has 1 N–H and O–H groups in total. The molecule has 0 spiro atoms. The van der Waals surface area contributed by atoms with Crippen molar-refractivity contribution in [1.29, 1.82) is 0 Å². The molecule has 3 heterocycles. The highest BCUT2D eigenvalue weighted by Gasteiger charge is 2.35. The number of piperidine rings is 1. The SMILES string of the molecule is CN1CCC(N2CCC(NC(=O)Cc3nsc4ccccc34)CC2)C1=O. The first kappa shape index (κ1) is 17.4. The largest absolute Gasteiger partial charge is 0.353 e. The summed E-state index contributed by atoms with van der Waals surface area (Å²) in [5, 5.41) is 4.23. The number of likely N-dealkylation sites (N-methyl/N-ethyl adjacent to an activating group) is 1. The lowest BCUT2D eigenvalue weighted by Gasteiger charge is -2.35. The Hall–Kier alpha value is -1.99. The minimum atomic E-state index is 0.0381. The van der Waals surface area contributed by atoms with Crippen LogP contribution in [0.1, 0.15) is 25.0 Å². The number of likely N-dealkylation sites (tertiary alicyclic amines) is 2. The van der Waals surface area contributed by atoms with Crippen LogP contribution in [0.15, 0.2) is 24.3 Å². The molecule has 6 nitrogen and oxygen atoms in total. The van der Waals surface area contributed by atoms with Gasteiger partial charge in [0.15, 0.2) is 0 Å². The molecule has 2 fully saturated rings. The molecule has 2 aliphatic rings. The lowest BCUT2D eigenvalue weighted by molar-refractivity contribution is -0.131. The van der Waals surface area contributed by atoms with E-state index in [-0.39, 0.29) is 23.9 Å². The summed E-state index contributed by atoms with van der Waals surface area (Å²) in [6.45, 7) is 2.59. The first-order chi connectivity index (χ1) is 12.6. The van der Waals surface area contributed by atoms with Crippen molar-refractivity contribution in [2.75, 3.05) is 26.7 Å². The van der Waals surface area contributed by atoms with Crippen molar-refractivity contribution >= 4 is 33.4 Å². The van der Waals surface area contributed by atoms with E-state index in [4.69, 9.17) is 0 Å². The molecule has 26 heavy (non-hydrogen) atoms. The number of nitrogens with zero attached hydrogens (tertiary/aromatic N) is 3. The molecule has 1 aromatic carbocycles. The molecule has 4 rings (SSSR count). The van der Waals surface area contributed by atoms with E-state index in [1.165, 1.54) is 11.5 Å². The van der Waals surface area contributed by atoms with Crippen LogP contribution in [0.25, 0.3) is 10.1 Å². The van der Waals surface area contributed by atoms with Crippen LogP contribution in [-0.4, -0.2) is 64.8 Å². The third-order valence-corrected chi connectivity index (χ3v) is 6.38. The van der Waals surface area contributed by atoms with Gasteiger partial charge in [0.1, 0.15) is 0 Å². The molecule has 2 aliphatic heterocycles. The van der Waals surface area contributed by atoms with Gasteiger partial charge in [0.25, 0.3) is 0 Å². The number of carbonyl (C=O) groups is 2. The Morgan fingerprint density at radius 3 is 2.73 bits per heavy atom. The zero-order valence-electron chi connectivity index (χ0n) is 15.0. The van der Waals surface area contributed by atoms with Gasteiger partial charge in [-0.15, -0.1) is 0 Å². The minimum absolute atomic E-state index is 0.0381. The van der Waals surface area contributed by atoms with Gasteiger partial charge in [-0.2, -0.15) is 4.37 Å². The van der Waals surface area contributed by atoms with E-state index in [0.717, 1.165) is 54.7 Å². The molecule has 0 radical (unpaired) electrons. The molecule has 1 aromatic heterocycles. The first-order valence-electron chi connectivity index (χ1n) is 9.23. The average Bonchev–Trinajstić information content (AvgIpc) is 3.20.